The maximum atomic E-state index is 13.2. The molecular formula is C26H18F3N7O3. The summed E-state index contributed by atoms with van der Waals surface area (Å²) in [4.78, 5) is 32.7. The standard InChI is InChI=1S/C26H18F3N7O3/c1-16-4-6-19(13-18(16)5-7-20-15-31-22-3-2-10-32-35(20)22)33-25(38)36-21(17-8-11-30-12-9-17)14-23(34-36)39-24(37)26(27,28)29/h2-4,6,8-13,15,21H,14H2,1H3,(H,33,38). The number of anilines is 1. The van der Waals surface area contributed by atoms with Crippen LogP contribution < -0.4 is 5.32 Å². The molecule has 5 rings (SSSR count). The van der Waals surface area contributed by atoms with Crippen LogP contribution in [0.25, 0.3) is 5.65 Å². The van der Waals surface area contributed by atoms with Crippen LogP contribution in [0.1, 0.15) is 34.8 Å². The molecule has 1 atom stereocenters. The number of urea groups is 1. The predicted octanol–water partition coefficient (Wildman–Crippen LogP) is 4.23. The van der Waals surface area contributed by atoms with Crippen molar-refractivity contribution < 1.29 is 27.5 Å². The molecule has 0 fully saturated rings. The molecule has 0 spiro atoms. The summed E-state index contributed by atoms with van der Waals surface area (Å²) in [6, 6.07) is 10.2. The van der Waals surface area contributed by atoms with Crippen LogP contribution in [0.15, 0.2) is 72.4 Å². The van der Waals surface area contributed by atoms with E-state index < -0.39 is 30.1 Å². The van der Waals surface area contributed by atoms with E-state index in [2.05, 4.69) is 42.1 Å². The Kier molecular flexibility index (Phi) is 6.68. The Labute approximate surface area is 219 Å². The predicted molar refractivity (Wildman–Crippen MR) is 132 cm³/mol. The van der Waals surface area contributed by atoms with Gasteiger partial charge in [-0.25, -0.2) is 24.1 Å². The number of imidazole rings is 1. The summed E-state index contributed by atoms with van der Waals surface area (Å²) in [5.41, 5.74) is 3.60. The average molecular weight is 533 g/mol. The van der Waals surface area contributed by atoms with Gasteiger partial charge in [-0.15, -0.1) is 5.10 Å². The fraction of sp³-hybridized carbons (Fsp3) is 0.154. The molecule has 3 aromatic heterocycles. The van der Waals surface area contributed by atoms with Crippen LogP contribution >= 0.6 is 0 Å². The number of alkyl halides is 3. The molecule has 4 aromatic rings. The number of ether oxygens (including phenoxy) is 1. The largest absolute Gasteiger partial charge is 0.491 e. The van der Waals surface area contributed by atoms with Crippen molar-refractivity contribution in [3.63, 3.8) is 0 Å². The number of amides is 2. The minimum atomic E-state index is -5.21. The zero-order chi connectivity index (χ0) is 27.6. The van der Waals surface area contributed by atoms with Crippen LogP contribution in [0.3, 0.4) is 0 Å². The van der Waals surface area contributed by atoms with Gasteiger partial charge in [-0.3, -0.25) is 4.98 Å². The monoisotopic (exact) mass is 533 g/mol. The lowest BCUT2D eigenvalue weighted by Gasteiger charge is -2.22. The van der Waals surface area contributed by atoms with Gasteiger partial charge in [0.1, 0.15) is 5.69 Å². The lowest BCUT2D eigenvalue weighted by molar-refractivity contribution is -0.191. The molecule has 4 heterocycles. The van der Waals surface area contributed by atoms with Gasteiger partial charge in [0.05, 0.1) is 18.7 Å². The van der Waals surface area contributed by atoms with Crippen LogP contribution in [0.4, 0.5) is 23.7 Å². The van der Waals surface area contributed by atoms with Crippen molar-refractivity contribution >= 4 is 29.2 Å². The van der Waals surface area contributed by atoms with Crippen LogP contribution in [-0.2, 0) is 9.53 Å². The Hall–Kier alpha value is -5.25. The van der Waals surface area contributed by atoms with Gasteiger partial charge in [-0.1, -0.05) is 12.0 Å². The van der Waals surface area contributed by atoms with E-state index in [-0.39, 0.29) is 6.42 Å². The van der Waals surface area contributed by atoms with E-state index in [1.807, 2.05) is 6.92 Å². The summed E-state index contributed by atoms with van der Waals surface area (Å²) in [5.74, 6) is 3.12. The van der Waals surface area contributed by atoms with Crippen LogP contribution in [0.2, 0.25) is 0 Å². The number of hydrogen-bond acceptors (Lipinski definition) is 7. The molecule has 39 heavy (non-hydrogen) atoms. The number of aromatic nitrogens is 4. The van der Waals surface area contributed by atoms with Gasteiger partial charge in [-0.05, 0) is 60.4 Å². The number of carbonyl (C=O) groups excluding carboxylic acids is 2. The highest BCUT2D eigenvalue weighted by atomic mass is 19.4. The average Bonchev–Trinajstić information content (AvgIpc) is 3.53. The molecule has 0 saturated heterocycles. The lowest BCUT2D eigenvalue weighted by Crippen LogP contribution is -2.31. The fourth-order valence-electron chi connectivity index (χ4n) is 3.80. The van der Waals surface area contributed by atoms with Crippen molar-refractivity contribution in [2.24, 2.45) is 5.10 Å². The van der Waals surface area contributed by atoms with Gasteiger partial charge < -0.3 is 10.1 Å². The molecular weight excluding hydrogens is 515 g/mol. The molecule has 0 saturated carbocycles. The Morgan fingerprint density at radius 3 is 2.67 bits per heavy atom. The van der Waals surface area contributed by atoms with Crippen molar-refractivity contribution in [3.8, 4) is 11.8 Å². The van der Waals surface area contributed by atoms with E-state index in [4.69, 9.17) is 0 Å². The Bertz CT molecular complexity index is 1660. The highest BCUT2D eigenvalue weighted by Gasteiger charge is 2.44. The van der Waals surface area contributed by atoms with Gasteiger partial charge in [0.25, 0.3) is 0 Å². The summed E-state index contributed by atoms with van der Waals surface area (Å²) < 4.78 is 44.2. The Morgan fingerprint density at radius 2 is 1.90 bits per heavy atom. The maximum Gasteiger partial charge on any atom is 0.491 e. The van der Waals surface area contributed by atoms with E-state index in [9.17, 15) is 22.8 Å². The summed E-state index contributed by atoms with van der Waals surface area (Å²) >= 11 is 0. The summed E-state index contributed by atoms with van der Waals surface area (Å²) in [7, 11) is 0. The van der Waals surface area contributed by atoms with Crippen molar-refractivity contribution in [2.45, 2.75) is 25.6 Å². The van der Waals surface area contributed by atoms with Gasteiger partial charge in [0.15, 0.2) is 5.65 Å². The molecule has 0 bridgehead atoms. The number of esters is 1. The number of pyridine rings is 1. The number of benzene rings is 1. The molecule has 1 unspecified atom stereocenters. The second-order valence-corrected chi connectivity index (χ2v) is 8.37. The van der Waals surface area contributed by atoms with Crippen LogP contribution in [0, 0.1) is 18.8 Å². The van der Waals surface area contributed by atoms with Crippen molar-refractivity contribution in [3.05, 3.63) is 89.6 Å². The van der Waals surface area contributed by atoms with E-state index in [1.54, 1.807) is 59.4 Å². The summed E-state index contributed by atoms with van der Waals surface area (Å²) in [6.45, 7) is 1.86. The molecule has 10 nitrogen and oxygen atoms in total. The minimum Gasteiger partial charge on any atom is -0.403 e. The first kappa shape index (κ1) is 25.4. The van der Waals surface area contributed by atoms with Crippen molar-refractivity contribution in [1.82, 2.24) is 24.6 Å². The number of hydrogen-bond donors (Lipinski definition) is 1. The third kappa shape index (κ3) is 5.54. The Morgan fingerprint density at radius 1 is 1.10 bits per heavy atom. The van der Waals surface area contributed by atoms with Crippen molar-refractivity contribution in [1.29, 1.82) is 0 Å². The first-order valence-electron chi connectivity index (χ1n) is 11.5. The molecule has 1 aromatic carbocycles. The minimum absolute atomic E-state index is 0.239. The van der Waals surface area contributed by atoms with E-state index >= 15 is 0 Å². The third-order valence-corrected chi connectivity index (χ3v) is 5.72. The number of fused-ring (bicyclic) bond motifs is 1. The number of halogens is 3. The van der Waals surface area contributed by atoms with E-state index in [1.165, 1.54) is 12.4 Å². The topological polar surface area (TPSA) is 114 Å². The molecule has 1 aliphatic heterocycles. The van der Waals surface area contributed by atoms with E-state index in [0.717, 1.165) is 10.6 Å². The van der Waals surface area contributed by atoms with Crippen molar-refractivity contribution in [2.75, 3.05) is 5.32 Å². The molecule has 0 radical (unpaired) electrons. The molecule has 1 aliphatic rings. The first-order chi connectivity index (χ1) is 18.7. The highest BCUT2D eigenvalue weighted by Crippen LogP contribution is 2.32. The second-order valence-electron chi connectivity index (χ2n) is 8.37. The number of rotatable bonds is 2. The first-order valence-corrected chi connectivity index (χ1v) is 11.5. The summed E-state index contributed by atoms with van der Waals surface area (Å²) in [6.07, 6.45) is 0.714. The third-order valence-electron chi connectivity index (χ3n) is 5.72. The molecule has 2 amide bonds. The SMILES string of the molecule is Cc1ccc(NC(=O)N2N=C(OC(=O)C(F)(F)F)CC2c2ccncc2)cc1C#Cc1cnc2cccnn12. The van der Waals surface area contributed by atoms with Crippen LogP contribution in [0.5, 0.6) is 0 Å². The molecule has 13 heteroatoms. The number of aryl methyl sites for hydroxylation is 1. The maximum absolute atomic E-state index is 13.2. The quantitative estimate of drug-likeness (QED) is 0.305. The van der Waals surface area contributed by atoms with Crippen LogP contribution in [-0.4, -0.2) is 48.7 Å². The summed E-state index contributed by atoms with van der Waals surface area (Å²) in [5, 5.41) is 11.7. The number of nitrogens with zero attached hydrogens (tertiary/aromatic N) is 6. The second kappa shape index (κ2) is 10.3. The lowest BCUT2D eigenvalue weighted by atomic mass is 10.1. The highest BCUT2D eigenvalue weighted by molar-refractivity contribution is 5.96. The normalized spacial score (nSPS) is 14.9. The number of nitrogens with one attached hydrogen (secondary N) is 1. The van der Waals surface area contributed by atoms with E-state index in [0.29, 0.717) is 28.2 Å². The van der Waals surface area contributed by atoms with Gasteiger partial charge in [0.2, 0.25) is 5.90 Å². The van der Waals surface area contributed by atoms with Gasteiger partial charge in [0, 0.05) is 29.8 Å². The Balaban J connectivity index is 1.39. The zero-order valence-corrected chi connectivity index (χ0v) is 20.2. The molecule has 0 aliphatic carbocycles. The molecule has 196 valence electrons. The zero-order valence-electron chi connectivity index (χ0n) is 20.2. The number of carbonyl (C=O) groups is 2. The van der Waals surface area contributed by atoms with Gasteiger partial charge >= 0.3 is 18.2 Å². The number of hydrazone groups is 1. The smallest absolute Gasteiger partial charge is 0.403 e. The fourth-order valence-corrected chi connectivity index (χ4v) is 3.80. The molecule has 1 N–H and O–H groups in total. The van der Waals surface area contributed by atoms with Gasteiger partial charge in [-0.2, -0.15) is 18.3 Å².